The van der Waals surface area contributed by atoms with Crippen LogP contribution in [-0.2, 0) is 14.4 Å². The molecule has 0 saturated carbocycles. The lowest BCUT2D eigenvalue weighted by atomic mass is 10.2. The average Bonchev–Trinajstić information content (AvgIpc) is 2.26. The number of carbonyl (C=O) groups excluding carboxylic acids is 3. The molecule has 1 aromatic carbocycles. The Hall–Kier alpha value is -2.23. The second-order valence-electron chi connectivity index (χ2n) is 3.54. The van der Waals surface area contributed by atoms with Crippen LogP contribution in [0.25, 0.3) is 6.08 Å². The third-order valence-corrected chi connectivity index (χ3v) is 1.90. The van der Waals surface area contributed by atoms with E-state index in [1.54, 1.807) is 6.08 Å². The van der Waals surface area contributed by atoms with Crippen LogP contribution in [0.2, 0.25) is 0 Å². The summed E-state index contributed by atoms with van der Waals surface area (Å²) in [6.45, 7) is 1.30. The van der Waals surface area contributed by atoms with Crippen LogP contribution in [0.4, 0.5) is 0 Å². The molecule has 88 valence electrons. The van der Waals surface area contributed by atoms with Gasteiger partial charge >= 0.3 is 0 Å². The molecule has 2 amide bonds. The number of rotatable bonds is 4. The van der Waals surface area contributed by atoms with Gasteiger partial charge in [-0.05, 0) is 18.6 Å². The average molecular weight is 231 g/mol. The van der Waals surface area contributed by atoms with E-state index >= 15 is 0 Å². The summed E-state index contributed by atoms with van der Waals surface area (Å²) in [4.78, 5) is 33.0. The summed E-state index contributed by atoms with van der Waals surface area (Å²) < 4.78 is 0. The number of ketones is 1. The van der Waals surface area contributed by atoms with E-state index in [0.717, 1.165) is 5.56 Å². The Balaban J connectivity index is 2.47. The van der Waals surface area contributed by atoms with Crippen molar-refractivity contribution in [1.29, 1.82) is 0 Å². The molecule has 0 radical (unpaired) electrons. The quantitative estimate of drug-likeness (QED) is 0.628. The van der Waals surface area contributed by atoms with E-state index in [9.17, 15) is 14.4 Å². The summed E-state index contributed by atoms with van der Waals surface area (Å²) in [6, 6.07) is 9.23. The van der Waals surface area contributed by atoms with Gasteiger partial charge in [0.1, 0.15) is 5.78 Å². The van der Waals surface area contributed by atoms with Crippen LogP contribution in [-0.4, -0.2) is 17.6 Å². The highest BCUT2D eigenvalue weighted by molar-refractivity contribution is 6.07. The number of carbonyl (C=O) groups is 3. The lowest BCUT2D eigenvalue weighted by molar-refractivity contribution is -0.130. The minimum absolute atomic E-state index is 0.273. The minimum Gasteiger partial charge on any atom is -0.299 e. The number of amides is 2. The zero-order valence-electron chi connectivity index (χ0n) is 9.47. The number of Topliss-reactive ketones (excluding diaryl/α,β-unsaturated/α-hetero) is 1. The fourth-order valence-corrected chi connectivity index (χ4v) is 1.19. The Morgan fingerprint density at radius 2 is 1.82 bits per heavy atom. The van der Waals surface area contributed by atoms with E-state index < -0.39 is 11.8 Å². The van der Waals surface area contributed by atoms with Crippen LogP contribution in [0, 0.1) is 0 Å². The number of benzene rings is 1. The van der Waals surface area contributed by atoms with Crippen LogP contribution >= 0.6 is 0 Å². The molecule has 1 rings (SSSR count). The maximum Gasteiger partial charge on any atom is 0.250 e. The maximum atomic E-state index is 11.3. The predicted octanol–water partition coefficient (Wildman–Crippen LogP) is 1.32. The van der Waals surface area contributed by atoms with Gasteiger partial charge in [-0.2, -0.15) is 0 Å². The predicted molar refractivity (Wildman–Crippen MR) is 63.9 cm³/mol. The standard InChI is InChI=1S/C13H13NO3/c1-10(15)9-13(17)14-12(16)8-7-11-5-3-2-4-6-11/h2-8H,9H2,1H3,(H,14,16,17)/b8-7+. The van der Waals surface area contributed by atoms with Crippen molar-refractivity contribution in [3.05, 3.63) is 42.0 Å². The highest BCUT2D eigenvalue weighted by Gasteiger charge is 2.06. The van der Waals surface area contributed by atoms with E-state index in [2.05, 4.69) is 5.32 Å². The first-order valence-electron chi connectivity index (χ1n) is 5.14. The molecule has 0 aliphatic carbocycles. The first-order valence-corrected chi connectivity index (χ1v) is 5.14. The van der Waals surface area contributed by atoms with Crippen LogP contribution in [0.1, 0.15) is 18.9 Å². The molecule has 0 aromatic heterocycles. The van der Waals surface area contributed by atoms with Crippen LogP contribution in [0.15, 0.2) is 36.4 Å². The first-order chi connectivity index (χ1) is 8.08. The maximum absolute atomic E-state index is 11.3. The van der Waals surface area contributed by atoms with Crippen molar-refractivity contribution in [2.24, 2.45) is 0 Å². The van der Waals surface area contributed by atoms with Gasteiger partial charge in [0.15, 0.2) is 0 Å². The van der Waals surface area contributed by atoms with Crippen molar-refractivity contribution < 1.29 is 14.4 Å². The van der Waals surface area contributed by atoms with Crippen LogP contribution < -0.4 is 5.32 Å². The second-order valence-corrected chi connectivity index (χ2v) is 3.54. The van der Waals surface area contributed by atoms with Gasteiger partial charge in [0.25, 0.3) is 5.91 Å². The Bertz CT molecular complexity index is 449. The lowest BCUT2D eigenvalue weighted by Gasteiger charge is -1.97. The van der Waals surface area contributed by atoms with Gasteiger partial charge in [-0.25, -0.2) is 0 Å². The summed E-state index contributed by atoms with van der Waals surface area (Å²) in [7, 11) is 0. The third kappa shape index (κ3) is 5.41. The van der Waals surface area contributed by atoms with Crippen molar-refractivity contribution in [3.63, 3.8) is 0 Å². The Morgan fingerprint density at radius 3 is 2.41 bits per heavy atom. The molecule has 0 spiro atoms. The fourth-order valence-electron chi connectivity index (χ4n) is 1.19. The number of hydrogen-bond donors (Lipinski definition) is 1. The van der Waals surface area contributed by atoms with Crippen LogP contribution in [0.3, 0.4) is 0 Å². The zero-order chi connectivity index (χ0) is 12.7. The molecule has 4 nitrogen and oxygen atoms in total. The summed E-state index contributed by atoms with van der Waals surface area (Å²) in [5.74, 6) is -1.39. The molecular weight excluding hydrogens is 218 g/mol. The van der Waals surface area contributed by atoms with Crippen molar-refractivity contribution >= 4 is 23.7 Å². The minimum atomic E-state index is -0.583. The summed E-state index contributed by atoms with van der Waals surface area (Å²) in [6.07, 6.45) is 2.58. The largest absolute Gasteiger partial charge is 0.299 e. The zero-order valence-corrected chi connectivity index (χ0v) is 9.47. The van der Waals surface area contributed by atoms with Crippen LogP contribution in [0.5, 0.6) is 0 Å². The van der Waals surface area contributed by atoms with Gasteiger partial charge in [0, 0.05) is 6.08 Å². The van der Waals surface area contributed by atoms with E-state index in [1.165, 1.54) is 13.0 Å². The summed E-state index contributed by atoms with van der Waals surface area (Å²) in [5.41, 5.74) is 0.863. The molecule has 0 saturated heterocycles. The van der Waals surface area contributed by atoms with Crippen molar-refractivity contribution in [2.45, 2.75) is 13.3 Å². The summed E-state index contributed by atoms with van der Waals surface area (Å²) >= 11 is 0. The van der Waals surface area contributed by atoms with Gasteiger partial charge in [0.2, 0.25) is 5.91 Å². The van der Waals surface area contributed by atoms with Gasteiger partial charge in [0.05, 0.1) is 6.42 Å². The smallest absolute Gasteiger partial charge is 0.250 e. The molecule has 0 fully saturated rings. The highest BCUT2D eigenvalue weighted by Crippen LogP contribution is 2.00. The lowest BCUT2D eigenvalue weighted by Crippen LogP contribution is -2.29. The van der Waals surface area contributed by atoms with Crippen molar-refractivity contribution in [2.75, 3.05) is 0 Å². The second kappa shape index (κ2) is 6.37. The Labute approximate surface area is 99.3 Å². The van der Waals surface area contributed by atoms with Gasteiger partial charge in [-0.15, -0.1) is 0 Å². The summed E-state index contributed by atoms with van der Waals surface area (Å²) in [5, 5.41) is 2.10. The topological polar surface area (TPSA) is 63.2 Å². The fraction of sp³-hybridized carbons (Fsp3) is 0.154. The molecule has 4 heteroatoms. The molecule has 17 heavy (non-hydrogen) atoms. The highest BCUT2D eigenvalue weighted by atomic mass is 16.2. The van der Waals surface area contributed by atoms with E-state index in [1.807, 2.05) is 30.3 Å². The van der Waals surface area contributed by atoms with Crippen molar-refractivity contribution in [3.8, 4) is 0 Å². The number of imide groups is 1. The van der Waals surface area contributed by atoms with Gasteiger partial charge in [-0.1, -0.05) is 30.3 Å². The SMILES string of the molecule is CC(=O)CC(=O)NC(=O)/C=C/c1ccccc1. The Kier molecular flexibility index (Phi) is 4.81. The molecule has 0 aliphatic heterocycles. The first kappa shape index (κ1) is 12.8. The molecule has 0 bridgehead atoms. The van der Waals surface area contributed by atoms with E-state index in [-0.39, 0.29) is 12.2 Å². The molecule has 1 N–H and O–H groups in total. The Morgan fingerprint density at radius 1 is 1.18 bits per heavy atom. The third-order valence-electron chi connectivity index (χ3n) is 1.90. The normalized spacial score (nSPS) is 10.2. The van der Waals surface area contributed by atoms with Gasteiger partial charge in [-0.3, -0.25) is 19.7 Å². The van der Waals surface area contributed by atoms with E-state index in [0.29, 0.717) is 0 Å². The van der Waals surface area contributed by atoms with Gasteiger partial charge < -0.3 is 0 Å². The van der Waals surface area contributed by atoms with Crippen molar-refractivity contribution in [1.82, 2.24) is 5.32 Å². The molecule has 0 aliphatic rings. The molecular formula is C13H13NO3. The molecule has 0 atom stereocenters. The monoisotopic (exact) mass is 231 g/mol. The molecule has 0 heterocycles. The molecule has 0 unspecified atom stereocenters. The number of hydrogen-bond acceptors (Lipinski definition) is 3. The number of nitrogens with one attached hydrogen (secondary N) is 1. The van der Waals surface area contributed by atoms with E-state index in [4.69, 9.17) is 0 Å². The molecule has 1 aromatic rings.